The first-order valence-electron chi connectivity index (χ1n) is 10.9. The molecule has 3 rings (SSSR count). The summed E-state index contributed by atoms with van der Waals surface area (Å²) in [6.45, 7) is 7.45. The number of carbonyl (C=O) groups is 3. The van der Waals surface area contributed by atoms with E-state index >= 15 is 0 Å². The third-order valence-electron chi connectivity index (χ3n) is 5.59. The quantitative estimate of drug-likeness (QED) is 0.659. The second-order valence-electron chi connectivity index (χ2n) is 8.41. The fourth-order valence-electron chi connectivity index (χ4n) is 4.07. The molecule has 2 heterocycles. The van der Waals surface area contributed by atoms with Gasteiger partial charge in [-0.15, -0.1) is 0 Å². The van der Waals surface area contributed by atoms with Gasteiger partial charge in [0.15, 0.2) is 0 Å². The molecule has 2 saturated heterocycles. The lowest BCUT2D eigenvalue weighted by Gasteiger charge is -2.33. The second-order valence-corrected chi connectivity index (χ2v) is 8.41. The number of para-hydroxylation sites is 1. The largest absolute Gasteiger partial charge is 0.342 e. The van der Waals surface area contributed by atoms with Crippen LogP contribution in [-0.2, 0) is 9.59 Å². The number of hydrogen-bond donors (Lipinski definition) is 3. The molecule has 0 radical (unpaired) electrons. The highest BCUT2D eigenvalue weighted by atomic mass is 16.2. The maximum atomic E-state index is 13.1. The van der Waals surface area contributed by atoms with Crippen LogP contribution in [0.2, 0.25) is 0 Å². The molecular formula is C22H33N5O3. The van der Waals surface area contributed by atoms with Crippen molar-refractivity contribution in [1.29, 1.82) is 0 Å². The summed E-state index contributed by atoms with van der Waals surface area (Å²) >= 11 is 0. The molecule has 0 bridgehead atoms. The monoisotopic (exact) mass is 415 g/mol. The zero-order valence-electron chi connectivity index (χ0n) is 17.9. The van der Waals surface area contributed by atoms with E-state index in [0.29, 0.717) is 38.2 Å². The maximum Gasteiger partial charge on any atom is 0.322 e. The number of piperazine rings is 1. The molecule has 8 heteroatoms. The van der Waals surface area contributed by atoms with Crippen molar-refractivity contribution in [2.24, 2.45) is 5.92 Å². The molecule has 1 aromatic rings. The number of urea groups is 1. The van der Waals surface area contributed by atoms with Crippen molar-refractivity contribution in [1.82, 2.24) is 20.4 Å². The molecule has 2 atom stereocenters. The number of rotatable bonds is 6. The van der Waals surface area contributed by atoms with Crippen molar-refractivity contribution in [3.63, 3.8) is 0 Å². The first-order chi connectivity index (χ1) is 14.5. The first-order valence-corrected chi connectivity index (χ1v) is 10.9. The molecule has 2 aliphatic heterocycles. The average Bonchev–Trinajstić information content (AvgIpc) is 3.24. The van der Waals surface area contributed by atoms with Gasteiger partial charge in [0.25, 0.3) is 0 Å². The Labute approximate surface area is 178 Å². The number of hydrogen-bond acceptors (Lipinski definition) is 4. The molecule has 0 saturated carbocycles. The Morgan fingerprint density at radius 1 is 1.10 bits per heavy atom. The Hall–Kier alpha value is -2.61. The van der Waals surface area contributed by atoms with Crippen LogP contribution in [0.3, 0.4) is 0 Å². The minimum atomic E-state index is -0.560. The number of nitrogens with one attached hydrogen (secondary N) is 3. The minimum absolute atomic E-state index is 0.0307. The molecule has 0 aliphatic carbocycles. The molecule has 8 nitrogen and oxygen atoms in total. The van der Waals surface area contributed by atoms with E-state index in [9.17, 15) is 14.4 Å². The molecule has 164 valence electrons. The van der Waals surface area contributed by atoms with Crippen LogP contribution < -0.4 is 16.0 Å². The highest BCUT2D eigenvalue weighted by molar-refractivity contribution is 5.95. The van der Waals surface area contributed by atoms with Crippen LogP contribution in [0, 0.1) is 5.92 Å². The van der Waals surface area contributed by atoms with E-state index in [1.165, 1.54) is 0 Å². The SMILES string of the molecule is CC(C)C[C@H](NC(=O)[C@@H]1CCCN1C(=O)Nc1ccccc1)C(=O)N1CCNCC1. The summed E-state index contributed by atoms with van der Waals surface area (Å²) in [6, 6.07) is 7.81. The van der Waals surface area contributed by atoms with Crippen molar-refractivity contribution in [2.75, 3.05) is 38.0 Å². The van der Waals surface area contributed by atoms with Crippen LogP contribution in [0.4, 0.5) is 10.5 Å². The summed E-state index contributed by atoms with van der Waals surface area (Å²) in [4.78, 5) is 42.2. The lowest BCUT2D eigenvalue weighted by atomic mass is 10.0. The van der Waals surface area contributed by atoms with E-state index in [4.69, 9.17) is 0 Å². The Morgan fingerprint density at radius 3 is 2.47 bits per heavy atom. The van der Waals surface area contributed by atoms with E-state index in [2.05, 4.69) is 16.0 Å². The Balaban J connectivity index is 1.64. The fraction of sp³-hybridized carbons (Fsp3) is 0.591. The van der Waals surface area contributed by atoms with Gasteiger partial charge >= 0.3 is 6.03 Å². The van der Waals surface area contributed by atoms with Crippen LogP contribution in [-0.4, -0.2) is 72.5 Å². The van der Waals surface area contributed by atoms with Gasteiger partial charge in [0.05, 0.1) is 0 Å². The van der Waals surface area contributed by atoms with Crippen molar-refractivity contribution >= 4 is 23.5 Å². The van der Waals surface area contributed by atoms with Crippen molar-refractivity contribution in [2.45, 2.75) is 45.2 Å². The lowest BCUT2D eigenvalue weighted by molar-refractivity contribution is -0.138. The molecule has 0 aromatic heterocycles. The van der Waals surface area contributed by atoms with E-state index in [0.717, 1.165) is 19.5 Å². The predicted molar refractivity (Wildman–Crippen MR) is 116 cm³/mol. The van der Waals surface area contributed by atoms with Crippen molar-refractivity contribution < 1.29 is 14.4 Å². The van der Waals surface area contributed by atoms with Crippen LogP contribution >= 0.6 is 0 Å². The summed E-state index contributed by atoms with van der Waals surface area (Å²) in [5, 5.41) is 9.06. The third-order valence-corrected chi connectivity index (χ3v) is 5.59. The number of likely N-dealkylation sites (tertiary alicyclic amines) is 1. The standard InChI is InChI=1S/C22H33N5O3/c1-16(2)15-18(21(29)26-13-10-23-11-14-26)25-20(28)19-9-6-12-27(19)22(30)24-17-7-4-3-5-8-17/h3-5,7-8,16,18-19,23H,6,9-15H2,1-2H3,(H,24,30)(H,25,28)/t18-,19-/m0/s1. The zero-order chi connectivity index (χ0) is 21.5. The van der Waals surface area contributed by atoms with Gasteiger partial charge in [-0.1, -0.05) is 32.0 Å². The number of anilines is 1. The third kappa shape index (κ3) is 5.72. The van der Waals surface area contributed by atoms with E-state index < -0.39 is 12.1 Å². The minimum Gasteiger partial charge on any atom is -0.342 e. The molecule has 2 aliphatic rings. The van der Waals surface area contributed by atoms with Gasteiger partial charge in [0.1, 0.15) is 12.1 Å². The molecule has 30 heavy (non-hydrogen) atoms. The van der Waals surface area contributed by atoms with Gasteiger partial charge in [-0.3, -0.25) is 9.59 Å². The molecule has 1 aromatic carbocycles. The zero-order valence-corrected chi connectivity index (χ0v) is 17.9. The van der Waals surface area contributed by atoms with Crippen molar-refractivity contribution in [3.8, 4) is 0 Å². The van der Waals surface area contributed by atoms with E-state index in [1.54, 1.807) is 4.90 Å². The number of carbonyl (C=O) groups excluding carboxylic acids is 3. The van der Waals surface area contributed by atoms with E-state index in [1.807, 2.05) is 49.1 Å². The molecule has 3 N–H and O–H groups in total. The van der Waals surface area contributed by atoms with Crippen LogP contribution in [0.1, 0.15) is 33.1 Å². The number of benzene rings is 1. The number of nitrogens with zero attached hydrogens (tertiary/aromatic N) is 2. The Morgan fingerprint density at radius 2 is 1.80 bits per heavy atom. The van der Waals surface area contributed by atoms with Gasteiger partial charge in [0.2, 0.25) is 11.8 Å². The maximum absolute atomic E-state index is 13.1. The topological polar surface area (TPSA) is 93.8 Å². The summed E-state index contributed by atoms with van der Waals surface area (Å²) in [5.41, 5.74) is 0.695. The summed E-state index contributed by atoms with van der Waals surface area (Å²) in [6.07, 6.45) is 1.95. The van der Waals surface area contributed by atoms with Crippen LogP contribution in [0.25, 0.3) is 0 Å². The Kier molecular flexibility index (Phi) is 7.68. The van der Waals surface area contributed by atoms with Crippen LogP contribution in [0.15, 0.2) is 30.3 Å². The van der Waals surface area contributed by atoms with Gasteiger partial charge in [-0.25, -0.2) is 4.79 Å². The number of amides is 4. The lowest BCUT2D eigenvalue weighted by Crippen LogP contribution is -2.57. The summed E-state index contributed by atoms with van der Waals surface area (Å²) in [5.74, 6) is -0.00935. The predicted octanol–water partition coefficient (Wildman–Crippen LogP) is 1.65. The molecule has 0 unspecified atom stereocenters. The molecule has 2 fully saturated rings. The van der Waals surface area contributed by atoms with E-state index in [-0.39, 0.29) is 23.8 Å². The van der Waals surface area contributed by atoms with Crippen LogP contribution in [0.5, 0.6) is 0 Å². The average molecular weight is 416 g/mol. The molecular weight excluding hydrogens is 382 g/mol. The molecule has 4 amide bonds. The van der Waals surface area contributed by atoms with Gasteiger partial charge in [-0.05, 0) is 37.3 Å². The van der Waals surface area contributed by atoms with Gasteiger partial charge in [-0.2, -0.15) is 0 Å². The summed E-state index contributed by atoms with van der Waals surface area (Å²) < 4.78 is 0. The fourth-order valence-corrected chi connectivity index (χ4v) is 4.07. The molecule has 0 spiro atoms. The normalized spacial score (nSPS) is 20.2. The van der Waals surface area contributed by atoms with Gasteiger partial charge in [0, 0.05) is 38.4 Å². The Bertz CT molecular complexity index is 734. The highest BCUT2D eigenvalue weighted by Gasteiger charge is 2.37. The van der Waals surface area contributed by atoms with Gasteiger partial charge < -0.3 is 25.8 Å². The smallest absolute Gasteiger partial charge is 0.322 e. The van der Waals surface area contributed by atoms with Crippen molar-refractivity contribution in [3.05, 3.63) is 30.3 Å². The summed E-state index contributed by atoms with van der Waals surface area (Å²) in [7, 11) is 0. The highest BCUT2D eigenvalue weighted by Crippen LogP contribution is 2.20. The second kappa shape index (κ2) is 10.4. The first kappa shape index (κ1) is 22.1.